The van der Waals surface area contributed by atoms with Crippen molar-refractivity contribution in [2.45, 2.75) is 12.5 Å². The molecule has 0 N–H and O–H groups in total. The summed E-state index contributed by atoms with van der Waals surface area (Å²) in [5.41, 5.74) is -0.694. The molecule has 1 aliphatic heterocycles. The van der Waals surface area contributed by atoms with Gasteiger partial charge in [0.15, 0.2) is 0 Å². The molecular weight excluding hydrogens is 154 g/mol. The zero-order valence-corrected chi connectivity index (χ0v) is 6.60. The van der Waals surface area contributed by atoms with Gasteiger partial charge in [-0.15, -0.1) is 0 Å². The number of hydrogen-bond donors (Lipinski definition) is 0. The summed E-state index contributed by atoms with van der Waals surface area (Å²) in [6, 6.07) is 0. The molecule has 4 heteroatoms. The molecular formula is C6H10ClNO2. The molecule has 1 fully saturated rings. The maximum absolute atomic E-state index is 10.2. The fraction of sp³-hybridized carbons (Fsp3) is 0.833. The van der Waals surface area contributed by atoms with E-state index >= 15 is 0 Å². The minimum absolute atomic E-state index is 0.00926. The topological polar surface area (TPSA) is 29.5 Å². The van der Waals surface area contributed by atoms with Crippen LogP contribution in [-0.2, 0) is 4.74 Å². The van der Waals surface area contributed by atoms with Gasteiger partial charge in [-0.05, 0) is 13.5 Å². The van der Waals surface area contributed by atoms with Crippen molar-refractivity contribution in [2.75, 3.05) is 20.1 Å². The van der Waals surface area contributed by atoms with Crippen LogP contribution in [0.4, 0.5) is 4.79 Å². The predicted octanol–water partition coefficient (Wildman–Crippen LogP) is 1.07. The van der Waals surface area contributed by atoms with Gasteiger partial charge < -0.3 is 9.64 Å². The Balaban J connectivity index is 2.24. The third-order valence-corrected chi connectivity index (χ3v) is 1.70. The molecule has 1 heterocycles. The third kappa shape index (κ3) is 2.15. The average molecular weight is 164 g/mol. The van der Waals surface area contributed by atoms with Gasteiger partial charge in [0.2, 0.25) is 0 Å². The summed E-state index contributed by atoms with van der Waals surface area (Å²) >= 11 is 5.03. The molecule has 0 radical (unpaired) electrons. The van der Waals surface area contributed by atoms with E-state index in [1.165, 1.54) is 0 Å². The molecule has 1 aliphatic rings. The molecule has 0 aromatic carbocycles. The highest BCUT2D eigenvalue weighted by molar-refractivity contribution is 6.61. The number of hydrogen-bond acceptors (Lipinski definition) is 3. The monoisotopic (exact) mass is 163 g/mol. The number of halogens is 1. The first-order valence-electron chi connectivity index (χ1n) is 3.23. The zero-order chi connectivity index (χ0) is 7.56. The van der Waals surface area contributed by atoms with Gasteiger partial charge in [0.1, 0.15) is 6.10 Å². The standard InChI is InChI=1S/C6H10ClNO2/c1-8-3-2-5(4-8)10-6(7)9/h5H,2-4H2,1H3/t5-/m0/s1. The highest BCUT2D eigenvalue weighted by atomic mass is 35.5. The van der Waals surface area contributed by atoms with Gasteiger partial charge in [-0.3, -0.25) is 0 Å². The van der Waals surface area contributed by atoms with E-state index in [2.05, 4.69) is 4.90 Å². The van der Waals surface area contributed by atoms with Crippen LogP contribution in [-0.4, -0.2) is 36.6 Å². The van der Waals surface area contributed by atoms with Crippen LogP contribution in [0.1, 0.15) is 6.42 Å². The van der Waals surface area contributed by atoms with Gasteiger partial charge in [0.05, 0.1) is 0 Å². The fourth-order valence-electron chi connectivity index (χ4n) is 1.12. The number of rotatable bonds is 1. The molecule has 1 atom stereocenters. The van der Waals surface area contributed by atoms with E-state index < -0.39 is 5.43 Å². The molecule has 0 spiro atoms. The molecule has 3 nitrogen and oxygen atoms in total. The maximum atomic E-state index is 10.2. The maximum Gasteiger partial charge on any atom is 0.404 e. The van der Waals surface area contributed by atoms with Crippen molar-refractivity contribution in [3.8, 4) is 0 Å². The van der Waals surface area contributed by atoms with Crippen molar-refractivity contribution in [1.29, 1.82) is 0 Å². The SMILES string of the molecule is CN1CC[C@H](OC(=O)Cl)C1. The van der Waals surface area contributed by atoms with E-state index in [0.717, 1.165) is 19.5 Å². The van der Waals surface area contributed by atoms with Crippen LogP contribution < -0.4 is 0 Å². The summed E-state index contributed by atoms with van der Waals surface area (Å²) in [5, 5.41) is 0. The van der Waals surface area contributed by atoms with Gasteiger partial charge in [0.25, 0.3) is 0 Å². The van der Waals surface area contributed by atoms with E-state index in [1.54, 1.807) is 0 Å². The Morgan fingerprint density at radius 1 is 1.80 bits per heavy atom. The van der Waals surface area contributed by atoms with Crippen molar-refractivity contribution in [3.63, 3.8) is 0 Å². The predicted molar refractivity (Wildman–Crippen MR) is 38.2 cm³/mol. The summed E-state index contributed by atoms with van der Waals surface area (Å²) < 4.78 is 4.77. The van der Waals surface area contributed by atoms with Crippen LogP contribution in [0.25, 0.3) is 0 Å². The van der Waals surface area contributed by atoms with E-state index in [-0.39, 0.29) is 6.10 Å². The molecule has 0 saturated carbocycles. The Bertz CT molecular complexity index is 140. The number of carbonyl (C=O) groups is 1. The highest BCUT2D eigenvalue weighted by Crippen LogP contribution is 2.11. The Kier molecular flexibility index (Phi) is 2.51. The van der Waals surface area contributed by atoms with Crippen LogP contribution in [0.15, 0.2) is 0 Å². The van der Waals surface area contributed by atoms with E-state index in [0.29, 0.717) is 0 Å². The molecule has 0 aromatic heterocycles. The summed E-state index contributed by atoms with van der Waals surface area (Å²) in [5.74, 6) is 0. The minimum atomic E-state index is -0.694. The zero-order valence-electron chi connectivity index (χ0n) is 5.84. The van der Waals surface area contributed by atoms with Crippen LogP contribution in [0.3, 0.4) is 0 Å². The van der Waals surface area contributed by atoms with E-state index in [9.17, 15) is 4.79 Å². The van der Waals surface area contributed by atoms with Gasteiger partial charge in [-0.25, -0.2) is 4.79 Å². The van der Waals surface area contributed by atoms with Gasteiger partial charge >= 0.3 is 5.43 Å². The molecule has 1 rings (SSSR count). The van der Waals surface area contributed by atoms with Gasteiger partial charge in [0, 0.05) is 24.7 Å². The fourth-order valence-corrected chi connectivity index (χ4v) is 1.25. The summed E-state index contributed by atoms with van der Waals surface area (Å²) in [6.07, 6.45) is 0.907. The van der Waals surface area contributed by atoms with Crippen LogP contribution in [0, 0.1) is 0 Å². The third-order valence-electron chi connectivity index (χ3n) is 1.61. The molecule has 58 valence electrons. The van der Waals surface area contributed by atoms with Crippen molar-refractivity contribution >= 4 is 17.0 Å². The smallest absolute Gasteiger partial charge is 0.404 e. The molecule has 0 aliphatic carbocycles. The first kappa shape index (κ1) is 7.82. The summed E-state index contributed by atoms with van der Waals surface area (Å²) in [6.45, 7) is 1.79. The van der Waals surface area contributed by atoms with Crippen molar-refractivity contribution in [3.05, 3.63) is 0 Å². The molecule has 0 aromatic rings. The van der Waals surface area contributed by atoms with E-state index in [4.69, 9.17) is 16.3 Å². The minimum Gasteiger partial charge on any atom is -0.449 e. The molecule has 0 amide bonds. The molecule has 10 heavy (non-hydrogen) atoms. The van der Waals surface area contributed by atoms with E-state index in [1.807, 2.05) is 7.05 Å². The van der Waals surface area contributed by atoms with Crippen LogP contribution in [0.5, 0.6) is 0 Å². The van der Waals surface area contributed by atoms with Crippen molar-refractivity contribution in [2.24, 2.45) is 0 Å². The number of nitrogens with zero attached hydrogens (tertiary/aromatic N) is 1. The van der Waals surface area contributed by atoms with Crippen molar-refractivity contribution in [1.82, 2.24) is 4.90 Å². The lowest BCUT2D eigenvalue weighted by molar-refractivity contribution is 0.126. The Hall–Kier alpha value is -0.280. The largest absolute Gasteiger partial charge is 0.449 e. The summed E-state index contributed by atoms with van der Waals surface area (Å²) in [4.78, 5) is 12.3. The highest BCUT2D eigenvalue weighted by Gasteiger charge is 2.21. The van der Waals surface area contributed by atoms with Gasteiger partial charge in [-0.2, -0.15) is 0 Å². The summed E-state index contributed by atoms with van der Waals surface area (Å²) in [7, 11) is 1.99. The molecule has 0 bridgehead atoms. The Morgan fingerprint density at radius 3 is 2.90 bits per heavy atom. The lowest BCUT2D eigenvalue weighted by Gasteiger charge is -2.08. The lowest BCUT2D eigenvalue weighted by Crippen LogP contribution is -2.19. The second kappa shape index (κ2) is 3.21. The van der Waals surface area contributed by atoms with Gasteiger partial charge in [-0.1, -0.05) is 0 Å². The van der Waals surface area contributed by atoms with Crippen molar-refractivity contribution < 1.29 is 9.53 Å². The normalized spacial score (nSPS) is 26.8. The first-order chi connectivity index (χ1) is 4.68. The molecule has 0 unspecified atom stereocenters. The number of likely N-dealkylation sites (tertiary alicyclic amines) is 1. The Morgan fingerprint density at radius 2 is 2.50 bits per heavy atom. The Labute approximate surface area is 64.9 Å². The first-order valence-corrected chi connectivity index (χ1v) is 3.61. The number of carbonyl (C=O) groups excluding carboxylic acids is 1. The molecule has 1 saturated heterocycles. The second-order valence-electron chi connectivity index (χ2n) is 2.53. The lowest BCUT2D eigenvalue weighted by atomic mass is 10.3. The number of likely N-dealkylation sites (N-methyl/N-ethyl adjacent to an activating group) is 1. The second-order valence-corrected chi connectivity index (χ2v) is 2.84. The quantitative estimate of drug-likeness (QED) is 0.542. The van der Waals surface area contributed by atoms with Crippen LogP contribution in [0.2, 0.25) is 0 Å². The number of ether oxygens (including phenoxy) is 1. The average Bonchev–Trinajstić information content (AvgIpc) is 2.13. The van der Waals surface area contributed by atoms with Crippen LogP contribution >= 0.6 is 11.6 Å².